The highest BCUT2D eigenvalue weighted by molar-refractivity contribution is 5.91. The Bertz CT molecular complexity index is 457. The van der Waals surface area contributed by atoms with Gasteiger partial charge in [0.15, 0.2) is 0 Å². The Morgan fingerprint density at radius 3 is 2.76 bits per heavy atom. The van der Waals surface area contributed by atoms with Gasteiger partial charge in [-0.25, -0.2) is 4.98 Å². The van der Waals surface area contributed by atoms with E-state index in [1.807, 2.05) is 24.6 Å². The number of imidazole rings is 1. The molecule has 0 aromatic carbocycles. The molecule has 0 aliphatic rings. The van der Waals surface area contributed by atoms with E-state index < -0.39 is 0 Å². The number of allylic oxidation sites excluding steroid dienone is 1. The lowest BCUT2D eigenvalue weighted by Gasteiger charge is -2.05. The Hall–Kier alpha value is -1.84. The second kappa shape index (κ2) is 5.48. The zero-order chi connectivity index (χ0) is 13.0. The number of nitrogens with zero attached hydrogens (tertiary/aromatic N) is 2. The second-order valence-electron chi connectivity index (χ2n) is 4.07. The summed E-state index contributed by atoms with van der Waals surface area (Å²) in [6, 6.07) is 0. The number of carbonyl (C=O) groups excluding carboxylic acids is 1. The fourth-order valence-electron chi connectivity index (χ4n) is 1.50. The van der Waals surface area contributed by atoms with E-state index >= 15 is 0 Å². The van der Waals surface area contributed by atoms with Crippen LogP contribution in [0.25, 0.3) is 0 Å². The number of hydrogen-bond donors (Lipinski definition) is 1. The van der Waals surface area contributed by atoms with Crippen molar-refractivity contribution in [3.8, 4) is 0 Å². The third-order valence-corrected chi connectivity index (χ3v) is 2.70. The molecule has 0 radical (unpaired) electrons. The molecule has 4 heteroatoms. The van der Waals surface area contributed by atoms with Crippen LogP contribution in [-0.4, -0.2) is 15.5 Å². The van der Waals surface area contributed by atoms with Crippen LogP contribution in [0.2, 0.25) is 0 Å². The van der Waals surface area contributed by atoms with E-state index in [0.717, 1.165) is 23.6 Å². The molecule has 4 nitrogen and oxygen atoms in total. The molecule has 17 heavy (non-hydrogen) atoms. The number of rotatable bonds is 5. The van der Waals surface area contributed by atoms with Crippen molar-refractivity contribution in [2.75, 3.05) is 0 Å². The van der Waals surface area contributed by atoms with Crippen LogP contribution in [-0.2, 0) is 24.8 Å². The zero-order valence-corrected chi connectivity index (χ0v) is 10.7. The molecule has 0 aliphatic heterocycles. The van der Waals surface area contributed by atoms with Crippen molar-refractivity contribution in [3.05, 3.63) is 42.0 Å². The lowest BCUT2D eigenvalue weighted by atomic mass is 10.2. The largest absolute Gasteiger partial charge is 0.345 e. The van der Waals surface area contributed by atoms with E-state index in [-0.39, 0.29) is 5.91 Å². The maximum Gasteiger partial charge on any atom is 0.246 e. The van der Waals surface area contributed by atoms with Crippen LogP contribution in [0.15, 0.2) is 24.8 Å². The summed E-state index contributed by atoms with van der Waals surface area (Å²) in [6.07, 6.45) is 2.57. The number of carbonyl (C=O) groups is 1. The standard InChI is InChI=1S/C13H19N3O/c1-6-7-11-10(4)16(5)12(15-11)8-14-13(17)9(2)3/h6H,1-2,7-8H2,3-5H3,(H,14,17). The van der Waals surface area contributed by atoms with Gasteiger partial charge in [0.2, 0.25) is 5.91 Å². The van der Waals surface area contributed by atoms with Crippen LogP contribution >= 0.6 is 0 Å². The average molecular weight is 233 g/mol. The molecule has 0 spiro atoms. The van der Waals surface area contributed by atoms with E-state index in [1.54, 1.807) is 6.92 Å². The van der Waals surface area contributed by atoms with Crippen molar-refractivity contribution in [2.45, 2.75) is 26.8 Å². The van der Waals surface area contributed by atoms with Gasteiger partial charge in [-0.15, -0.1) is 6.58 Å². The van der Waals surface area contributed by atoms with Crippen LogP contribution in [0.3, 0.4) is 0 Å². The Labute approximate surface area is 102 Å². The first-order chi connectivity index (χ1) is 7.97. The van der Waals surface area contributed by atoms with Gasteiger partial charge in [-0.1, -0.05) is 12.7 Å². The summed E-state index contributed by atoms with van der Waals surface area (Å²) in [5.41, 5.74) is 2.61. The summed E-state index contributed by atoms with van der Waals surface area (Å²) in [5.74, 6) is 0.699. The molecule has 0 fully saturated rings. The maximum absolute atomic E-state index is 11.4. The third-order valence-electron chi connectivity index (χ3n) is 2.70. The zero-order valence-electron chi connectivity index (χ0n) is 10.7. The normalized spacial score (nSPS) is 10.1. The molecule has 0 saturated carbocycles. The van der Waals surface area contributed by atoms with Crippen LogP contribution in [0, 0.1) is 6.92 Å². The number of hydrogen-bond acceptors (Lipinski definition) is 2. The van der Waals surface area contributed by atoms with E-state index in [1.165, 1.54) is 0 Å². The molecule has 92 valence electrons. The van der Waals surface area contributed by atoms with Gasteiger partial charge in [0.1, 0.15) is 5.82 Å². The second-order valence-corrected chi connectivity index (χ2v) is 4.07. The molecule has 1 aromatic rings. The van der Waals surface area contributed by atoms with Crippen molar-refractivity contribution in [3.63, 3.8) is 0 Å². The average Bonchev–Trinajstić information content (AvgIpc) is 2.54. The lowest BCUT2D eigenvalue weighted by Crippen LogP contribution is -2.24. The monoisotopic (exact) mass is 233 g/mol. The van der Waals surface area contributed by atoms with Gasteiger partial charge in [0.25, 0.3) is 0 Å². The highest BCUT2D eigenvalue weighted by Crippen LogP contribution is 2.10. The van der Waals surface area contributed by atoms with Crippen LogP contribution in [0.4, 0.5) is 0 Å². The molecule has 1 N–H and O–H groups in total. The molecule has 0 unspecified atom stereocenters. The molecule has 0 aliphatic carbocycles. The van der Waals surface area contributed by atoms with Crippen LogP contribution in [0.5, 0.6) is 0 Å². The van der Waals surface area contributed by atoms with Gasteiger partial charge in [-0.3, -0.25) is 4.79 Å². The van der Waals surface area contributed by atoms with Crippen LogP contribution < -0.4 is 5.32 Å². The predicted octanol–water partition coefficient (Wildman–Crippen LogP) is 1.65. The Morgan fingerprint density at radius 2 is 2.24 bits per heavy atom. The van der Waals surface area contributed by atoms with Gasteiger partial charge in [-0.2, -0.15) is 0 Å². The van der Waals surface area contributed by atoms with Crippen molar-refractivity contribution in [2.24, 2.45) is 7.05 Å². The third kappa shape index (κ3) is 3.06. The number of amides is 1. The van der Waals surface area contributed by atoms with Gasteiger partial charge >= 0.3 is 0 Å². The van der Waals surface area contributed by atoms with E-state index in [0.29, 0.717) is 12.1 Å². The fraction of sp³-hybridized carbons (Fsp3) is 0.385. The minimum atomic E-state index is -0.143. The van der Waals surface area contributed by atoms with Crippen molar-refractivity contribution in [1.29, 1.82) is 0 Å². The highest BCUT2D eigenvalue weighted by atomic mass is 16.1. The van der Waals surface area contributed by atoms with Gasteiger partial charge in [-0.05, 0) is 13.8 Å². The van der Waals surface area contributed by atoms with E-state index in [4.69, 9.17) is 0 Å². The summed E-state index contributed by atoms with van der Waals surface area (Å²) in [6.45, 7) is 11.4. The maximum atomic E-state index is 11.4. The minimum absolute atomic E-state index is 0.143. The quantitative estimate of drug-likeness (QED) is 0.621. The smallest absolute Gasteiger partial charge is 0.246 e. The SMILES string of the molecule is C=CCc1nc(CNC(=O)C(=C)C)n(C)c1C. The summed E-state index contributed by atoms with van der Waals surface area (Å²) >= 11 is 0. The number of nitrogens with one attached hydrogen (secondary N) is 1. The first kappa shape index (κ1) is 13.2. The molecule has 1 rings (SSSR count). The molecule has 1 heterocycles. The Balaban J connectivity index is 2.78. The Kier molecular flexibility index (Phi) is 4.26. The molecule has 1 amide bonds. The first-order valence-corrected chi connectivity index (χ1v) is 5.53. The topological polar surface area (TPSA) is 46.9 Å². The van der Waals surface area contributed by atoms with Crippen molar-refractivity contribution >= 4 is 5.91 Å². The molecular weight excluding hydrogens is 214 g/mol. The summed E-state index contributed by atoms with van der Waals surface area (Å²) < 4.78 is 1.98. The summed E-state index contributed by atoms with van der Waals surface area (Å²) in [5, 5.41) is 2.77. The molecule has 1 aromatic heterocycles. The number of aromatic nitrogens is 2. The predicted molar refractivity (Wildman–Crippen MR) is 68.5 cm³/mol. The van der Waals surface area contributed by atoms with Crippen LogP contribution in [0.1, 0.15) is 24.1 Å². The summed E-state index contributed by atoms with van der Waals surface area (Å²) in [7, 11) is 1.94. The molecule has 0 saturated heterocycles. The van der Waals surface area contributed by atoms with E-state index in [2.05, 4.69) is 23.5 Å². The lowest BCUT2D eigenvalue weighted by molar-refractivity contribution is -0.117. The van der Waals surface area contributed by atoms with Crippen molar-refractivity contribution < 1.29 is 4.79 Å². The highest BCUT2D eigenvalue weighted by Gasteiger charge is 2.10. The minimum Gasteiger partial charge on any atom is -0.345 e. The molecule has 0 atom stereocenters. The van der Waals surface area contributed by atoms with E-state index in [9.17, 15) is 4.79 Å². The first-order valence-electron chi connectivity index (χ1n) is 5.53. The Morgan fingerprint density at radius 1 is 1.59 bits per heavy atom. The fourth-order valence-corrected chi connectivity index (χ4v) is 1.50. The summed E-state index contributed by atoms with van der Waals surface area (Å²) in [4.78, 5) is 15.9. The van der Waals surface area contributed by atoms with Gasteiger partial charge < -0.3 is 9.88 Å². The van der Waals surface area contributed by atoms with Crippen molar-refractivity contribution in [1.82, 2.24) is 14.9 Å². The van der Waals surface area contributed by atoms with Gasteiger partial charge in [0, 0.05) is 24.7 Å². The molecular formula is C13H19N3O. The molecule has 0 bridgehead atoms. The van der Waals surface area contributed by atoms with Gasteiger partial charge in [0.05, 0.1) is 12.2 Å².